The molecule has 0 aliphatic carbocycles. The zero-order chi connectivity index (χ0) is 20.0. The molecule has 0 spiro atoms. The maximum atomic E-state index is 13.3. The van der Waals surface area contributed by atoms with E-state index in [2.05, 4.69) is 12.2 Å². The summed E-state index contributed by atoms with van der Waals surface area (Å²) in [6.07, 6.45) is 3.24. The quantitative estimate of drug-likeness (QED) is 0.569. The molecule has 4 nitrogen and oxygen atoms in total. The Hall–Kier alpha value is -1.75. The number of hydrogen-bond acceptors (Lipinski definition) is 3. The molecule has 1 aliphatic rings. The first kappa shape index (κ1) is 21.0. The summed E-state index contributed by atoms with van der Waals surface area (Å²) >= 11 is 12.5. The molecule has 3 rings (SSSR count). The van der Waals surface area contributed by atoms with Gasteiger partial charge in [0, 0.05) is 28.9 Å². The molecule has 2 aromatic carbocycles. The van der Waals surface area contributed by atoms with Crippen LogP contribution in [0.5, 0.6) is 5.75 Å². The van der Waals surface area contributed by atoms with Crippen LogP contribution in [0.15, 0.2) is 42.5 Å². The number of anilines is 1. The summed E-state index contributed by atoms with van der Waals surface area (Å²) in [7, 11) is 0. The number of benzene rings is 2. The summed E-state index contributed by atoms with van der Waals surface area (Å²) in [4.78, 5) is 13.3. The van der Waals surface area contributed by atoms with E-state index in [0.29, 0.717) is 42.7 Å². The zero-order valence-corrected chi connectivity index (χ0v) is 17.5. The minimum Gasteiger partial charge on any atom is -0.494 e. The third-order valence-corrected chi connectivity index (χ3v) is 5.65. The number of rotatable bonds is 7. The summed E-state index contributed by atoms with van der Waals surface area (Å²) in [6.45, 7) is 3.84. The Balaban J connectivity index is 1.79. The van der Waals surface area contributed by atoms with Crippen molar-refractivity contribution in [3.05, 3.63) is 58.1 Å². The molecule has 6 heteroatoms. The second kappa shape index (κ2) is 9.64. The molecule has 1 amide bonds. The molecule has 1 N–H and O–H groups in total. The lowest BCUT2D eigenvalue weighted by molar-refractivity contribution is -0.125. The number of carbonyl (C=O) groups excluding carboxylic acids is 1. The van der Waals surface area contributed by atoms with Gasteiger partial charge < -0.3 is 14.8 Å². The van der Waals surface area contributed by atoms with Gasteiger partial charge >= 0.3 is 0 Å². The van der Waals surface area contributed by atoms with Gasteiger partial charge in [-0.05, 0) is 61.2 Å². The highest BCUT2D eigenvalue weighted by molar-refractivity contribution is 6.35. The lowest BCUT2D eigenvalue weighted by Crippen LogP contribution is -2.45. The van der Waals surface area contributed by atoms with E-state index in [1.807, 2.05) is 30.3 Å². The average molecular weight is 422 g/mol. The number of unbranched alkanes of at least 4 members (excludes halogenated alkanes) is 1. The van der Waals surface area contributed by atoms with Crippen LogP contribution in [0, 0.1) is 0 Å². The fourth-order valence-corrected chi connectivity index (χ4v) is 4.03. The Morgan fingerprint density at radius 2 is 1.86 bits per heavy atom. The molecule has 0 aromatic heterocycles. The normalized spacial score (nSPS) is 15.8. The molecule has 0 atom stereocenters. The molecule has 1 aliphatic heterocycles. The Bertz CT molecular complexity index is 802. The molecule has 0 radical (unpaired) electrons. The van der Waals surface area contributed by atoms with Gasteiger partial charge in [0.2, 0.25) is 5.91 Å². The molecule has 28 heavy (non-hydrogen) atoms. The number of ether oxygens (including phenoxy) is 2. The van der Waals surface area contributed by atoms with Crippen LogP contribution < -0.4 is 10.1 Å². The number of carbonyl (C=O) groups is 1. The van der Waals surface area contributed by atoms with Crippen LogP contribution in [0.1, 0.15) is 38.2 Å². The molecule has 2 aromatic rings. The minimum atomic E-state index is -0.740. The van der Waals surface area contributed by atoms with Crippen LogP contribution in [0.3, 0.4) is 0 Å². The fourth-order valence-electron chi connectivity index (χ4n) is 3.44. The SMILES string of the molecule is CCCCOc1ccc(NC(=O)C2(c3ccc(Cl)cc3Cl)CCOCC2)cc1. The number of halogens is 2. The van der Waals surface area contributed by atoms with Gasteiger partial charge in [0.1, 0.15) is 5.75 Å². The third-order valence-electron chi connectivity index (χ3n) is 5.11. The molecule has 0 unspecified atom stereocenters. The predicted octanol–water partition coefficient (Wildman–Crippen LogP) is 5.86. The Kier molecular flexibility index (Phi) is 7.22. The second-order valence-electron chi connectivity index (χ2n) is 7.00. The van der Waals surface area contributed by atoms with Gasteiger partial charge in [-0.2, -0.15) is 0 Å². The largest absolute Gasteiger partial charge is 0.494 e. The van der Waals surface area contributed by atoms with Crippen molar-refractivity contribution in [3.8, 4) is 5.75 Å². The third kappa shape index (κ3) is 4.80. The molecule has 1 saturated heterocycles. The van der Waals surface area contributed by atoms with Gasteiger partial charge in [-0.1, -0.05) is 42.6 Å². The van der Waals surface area contributed by atoms with E-state index in [-0.39, 0.29) is 5.91 Å². The van der Waals surface area contributed by atoms with E-state index < -0.39 is 5.41 Å². The fraction of sp³-hybridized carbons (Fsp3) is 0.409. The monoisotopic (exact) mass is 421 g/mol. The molecule has 0 saturated carbocycles. The molecule has 1 fully saturated rings. The zero-order valence-electron chi connectivity index (χ0n) is 16.0. The standard InChI is InChI=1S/C22H25Cl2NO3/c1-2-3-12-28-18-7-5-17(6-8-18)25-21(26)22(10-13-27-14-11-22)19-9-4-16(23)15-20(19)24/h4-9,15H,2-3,10-14H2,1H3,(H,25,26). The first-order chi connectivity index (χ1) is 13.5. The summed E-state index contributed by atoms with van der Waals surface area (Å²) < 4.78 is 11.2. The van der Waals surface area contributed by atoms with Crippen molar-refractivity contribution in [1.29, 1.82) is 0 Å². The lowest BCUT2D eigenvalue weighted by atomic mass is 9.73. The minimum absolute atomic E-state index is 0.0836. The van der Waals surface area contributed by atoms with Crippen LogP contribution in [0.2, 0.25) is 10.0 Å². The van der Waals surface area contributed by atoms with Gasteiger partial charge in [0.05, 0.1) is 12.0 Å². The molecule has 150 valence electrons. The Morgan fingerprint density at radius 3 is 2.50 bits per heavy atom. The smallest absolute Gasteiger partial charge is 0.235 e. The van der Waals surface area contributed by atoms with Crippen molar-refractivity contribution >= 4 is 34.8 Å². The number of amides is 1. The predicted molar refractivity (Wildman–Crippen MR) is 114 cm³/mol. The van der Waals surface area contributed by atoms with Crippen LogP contribution in [0.4, 0.5) is 5.69 Å². The van der Waals surface area contributed by atoms with E-state index in [4.69, 9.17) is 32.7 Å². The highest BCUT2D eigenvalue weighted by atomic mass is 35.5. The van der Waals surface area contributed by atoms with Crippen LogP contribution in [-0.4, -0.2) is 25.7 Å². The number of nitrogens with one attached hydrogen (secondary N) is 1. The summed E-state index contributed by atoms with van der Waals surface area (Å²) in [5.74, 6) is 0.715. The maximum absolute atomic E-state index is 13.3. The molecular formula is C22H25Cl2NO3. The summed E-state index contributed by atoms with van der Waals surface area (Å²) in [5, 5.41) is 4.10. The van der Waals surface area contributed by atoms with Crippen LogP contribution in [0.25, 0.3) is 0 Å². The van der Waals surface area contributed by atoms with Crippen molar-refractivity contribution in [2.45, 2.75) is 38.0 Å². The van der Waals surface area contributed by atoms with E-state index in [9.17, 15) is 4.79 Å². The maximum Gasteiger partial charge on any atom is 0.235 e. The highest BCUT2D eigenvalue weighted by Crippen LogP contribution is 2.40. The second-order valence-corrected chi connectivity index (χ2v) is 7.84. The van der Waals surface area contributed by atoms with Crippen molar-refractivity contribution in [1.82, 2.24) is 0 Å². The lowest BCUT2D eigenvalue weighted by Gasteiger charge is -2.36. The van der Waals surface area contributed by atoms with Crippen molar-refractivity contribution in [2.75, 3.05) is 25.1 Å². The molecule has 1 heterocycles. The van der Waals surface area contributed by atoms with Crippen molar-refractivity contribution < 1.29 is 14.3 Å². The van der Waals surface area contributed by atoms with Gasteiger partial charge in [0.15, 0.2) is 0 Å². The van der Waals surface area contributed by atoms with E-state index in [1.165, 1.54) is 0 Å². The average Bonchev–Trinajstić information content (AvgIpc) is 2.70. The van der Waals surface area contributed by atoms with E-state index in [1.54, 1.807) is 12.1 Å². The Morgan fingerprint density at radius 1 is 1.14 bits per heavy atom. The van der Waals surface area contributed by atoms with Gasteiger partial charge in [-0.15, -0.1) is 0 Å². The van der Waals surface area contributed by atoms with Gasteiger partial charge in [-0.25, -0.2) is 0 Å². The van der Waals surface area contributed by atoms with Gasteiger partial charge in [0.25, 0.3) is 0 Å². The van der Waals surface area contributed by atoms with Crippen molar-refractivity contribution in [2.24, 2.45) is 0 Å². The van der Waals surface area contributed by atoms with Gasteiger partial charge in [-0.3, -0.25) is 4.79 Å². The molecule has 0 bridgehead atoms. The van der Waals surface area contributed by atoms with Crippen molar-refractivity contribution in [3.63, 3.8) is 0 Å². The first-order valence-corrected chi connectivity index (χ1v) is 10.4. The Labute approximate surface area is 176 Å². The topological polar surface area (TPSA) is 47.6 Å². The van der Waals surface area contributed by atoms with E-state index in [0.717, 1.165) is 29.8 Å². The first-order valence-electron chi connectivity index (χ1n) is 9.63. The highest BCUT2D eigenvalue weighted by Gasteiger charge is 2.43. The number of hydrogen-bond donors (Lipinski definition) is 1. The van der Waals surface area contributed by atoms with E-state index >= 15 is 0 Å². The summed E-state index contributed by atoms with van der Waals surface area (Å²) in [5.41, 5.74) is 0.777. The van der Waals surface area contributed by atoms with Crippen LogP contribution >= 0.6 is 23.2 Å². The molecular weight excluding hydrogens is 397 g/mol. The summed E-state index contributed by atoms with van der Waals surface area (Å²) in [6, 6.07) is 12.8. The van der Waals surface area contributed by atoms with Crippen LogP contribution in [-0.2, 0) is 14.9 Å².